The van der Waals surface area contributed by atoms with Crippen LogP contribution in [-0.2, 0) is 21.0 Å². The number of piperazine rings is 1. The Morgan fingerprint density at radius 2 is 1.73 bits per heavy atom. The number of amides is 1. The van der Waals surface area contributed by atoms with Gasteiger partial charge in [-0.15, -0.1) is 0 Å². The fraction of sp³-hybridized carbons (Fsp3) is 0.409. The summed E-state index contributed by atoms with van der Waals surface area (Å²) in [7, 11) is -0.754. The molecule has 1 N–H and O–H groups in total. The lowest BCUT2D eigenvalue weighted by molar-refractivity contribution is -0.137. The van der Waals surface area contributed by atoms with Crippen molar-refractivity contribution in [1.29, 1.82) is 0 Å². The van der Waals surface area contributed by atoms with Crippen molar-refractivity contribution >= 4 is 27.3 Å². The van der Waals surface area contributed by atoms with Gasteiger partial charge in [0.1, 0.15) is 0 Å². The summed E-state index contributed by atoms with van der Waals surface area (Å²) in [5, 5.41) is 2.77. The molecule has 2 aromatic rings. The minimum Gasteiger partial charge on any atom is -0.369 e. The molecule has 1 fully saturated rings. The molecule has 0 aliphatic carbocycles. The number of carbonyl (C=O) groups is 1. The van der Waals surface area contributed by atoms with Gasteiger partial charge in [-0.2, -0.15) is 13.2 Å². The minimum absolute atomic E-state index is 0.0862. The third-order valence-corrected chi connectivity index (χ3v) is 7.35. The van der Waals surface area contributed by atoms with Crippen molar-refractivity contribution in [2.45, 2.75) is 18.0 Å². The van der Waals surface area contributed by atoms with Crippen molar-refractivity contribution in [2.24, 2.45) is 0 Å². The number of rotatable bonds is 6. The van der Waals surface area contributed by atoms with Crippen LogP contribution >= 0.6 is 0 Å². The van der Waals surface area contributed by atoms with Gasteiger partial charge in [0.2, 0.25) is 15.9 Å². The Balaban J connectivity index is 1.59. The van der Waals surface area contributed by atoms with Crippen molar-refractivity contribution in [3.05, 3.63) is 53.6 Å². The third-order valence-electron chi connectivity index (χ3n) is 5.54. The topological polar surface area (TPSA) is 73.0 Å². The summed E-state index contributed by atoms with van der Waals surface area (Å²) >= 11 is 0. The maximum Gasteiger partial charge on any atom is 0.416 e. The zero-order chi connectivity index (χ0) is 24.4. The summed E-state index contributed by atoms with van der Waals surface area (Å²) in [5.74, 6) is -0.287. The summed E-state index contributed by atoms with van der Waals surface area (Å²) in [6, 6.07) is 9.80. The summed E-state index contributed by atoms with van der Waals surface area (Å²) in [5.41, 5.74) is 0.972. The number of hydrogen-bond acceptors (Lipinski definition) is 5. The lowest BCUT2D eigenvalue weighted by Gasteiger charge is -2.36. The number of sulfonamides is 1. The van der Waals surface area contributed by atoms with Crippen LogP contribution in [0.3, 0.4) is 0 Å². The van der Waals surface area contributed by atoms with E-state index >= 15 is 0 Å². The van der Waals surface area contributed by atoms with Gasteiger partial charge in [0.15, 0.2) is 0 Å². The van der Waals surface area contributed by atoms with E-state index in [0.29, 0.717) is 37.6 Å². The molecule has 0 radical (unpaired) electrons. The van der Waals surface area contributed by atoms with Gasteiger partial charge in [-0.25, -0.2) is 12.7 Å². The van der Waals surface area contributed by atoms with Crippen LogP contribution in [-0.4, -0.2) is 70.3 Å². The highest BCUT2D eigenvalue weighted by Crippen LogP contribution is 2.32. The molecule has 7 nitrogen and oxygen atoms in total. The quantitative estimate of drug-likeness (QED) is 0.683. The van der Waals surface area contributed by atoms with Crippen LogP contribution in [0.2, 0.25) is 0 Å². The average molecular weight is 485 g/mol. The second-order valence-corrected chi connectivity index (χ2v) is 10.3. The Kier molecular flexibility index (Phi) is 7.35. The van der Waals surface area contributed by atoms with Crippen LogP contribution < -0.4 is 10.2 Å². The molecule has 1 saturated heterocycles. The summed E-state index contributed by atoms with van der Waals surface area (Å²) in [4.78, 5) is 16.4. The minimum atomic E-state index is -4.39. The van der Waals surface area contributed by atoms with Crippen molar-refractivity contribution in [3.8, 4) is 0 Å². The van der Waals surface area contributed by atoms with Crippen LogP contribution in [0.1, 0.15) is 11.1 Å². The molecular formula is C22H27F3N4O3S. The molecule has 33 heavy (non-hydrogen) atoms. The zero-order valence-electron chi connectivity index (χ0n) is 18.7. The Morgan fingerprint density at radius 3 is 2.33 bits per heavy atom. The molecule has 0 spiro atoms. The number of alkyl halides is 3. The van der Waals surface area contributed by atoms with E-state index in [4.69, 9.17) is 0 Å². The molecule has 1 aliphatic rings. The lowest BCUT2D eigenvalue weighted by atomic mass is 10.1. The SMILES string of the molecule is Cc1ccc(S(=O)(=O)N(C)C)cc1NC(=O)CN1CCN(c2cccc(C(F)(F)F)c2)CC1. The van der Waals surface area contributed by atoms with E-state index in [9.17, 15) is 26.4 Å². The van der Waals surface area contributed by atoms with E-state index in [-0.39, 0.29) is 17.3 Å². The highest BCUT2D eigenvalue weighted by molar-refractivity contribution is 7.89. The Morgan fingerprint density at radius 1 is 1.06 bits per heavy atom. The van der Waals surface area contributed by atoms with E-state index in [0.717, 1.165) is 22.0 Å². The number of hydrogen-bond donors (Lipinski definition) is 1. The Hall–Kier alpha value is -2.63. The first-order valence-electron chi connectivity index (χ1n) is 10.4. The van der Waals surface area contributed by atoms with Gasteiger partial charge >= 0.3 is 6.18 Å². The first-order chi connectivity index (χ1) is 15.4. The number of halogens is 3. The van der Waals surface area contributed by atoms with E-state index in [2.05, 4.69) is 5.32 Å². The average Bonchev–Trinajstić information content (AvgIpc) is 2.75. The van der Waals surface area contributed by atoms with Crippen molar-refractivity contribution in [2.75, 3.05) is 57.0 Å². The van der Waals surface area contributed by atoms with E-state index in [1.54, 1.807) is 19.1 Å². The van der Waals surface area contributed by atoms with Gasteiger partial charge in [0.25, 0.3) is 0 Å². The Bertz CT molecular complexity index is 1110. The first kappa shape index (κ1) is 25.0. The van der Waals surface area contributed by atoms with E-state index in [1.807, 2.05) is 9.80 Å². The highest BCUT2D eigenvalue weighted by atomic mass is 32.2. The van der Waals surface area contributed by atoms with Gasteiger partial charge in [0, 0.05) is 51.6 Å². The fourth-order valence-corrected chi connectivity index (χ4v) is 4.47. The van der Waals surface area contributed by atoms with Crippen LogP contribution in [0.15, 0.2) is 47.4 Å². The Labute approximate surface area is 191 Å². The summed E-state index contributed by atoms with van der Waals surface area (Å²) in [6.07, 6.45) is -4.39. The maximum atomic E-state index is 13.0. The van der Waals surface area contributed by atoms with Gasteiger partial charge < -0.3 is 10.2 Å². The second-order valence-electron chi connectivity index (χ2n) is 8.12. The molecule has 0 unspecified atom stereocenters. The maximum absolute atomic E-state index is 13.0. The standard InChI is InChI=1S/C22H27F3N4O3S/c1-16-7-8-19(33(31,32)27(2)3)14-20(16)26-21(30)15-28-9-11-29(12-10-28)18-6-4-5-17(13-18)22(23,24)25/h4-8,13-14H,9-12,15H2,1-3H3,(H,26,30). The van der Waals surface area contributed by atoms with Crippen LogP contribution in [0.4, 0.5) is 24.5 Å². The molecule has 1 aliphatic heterocycles. The smallest absolute Gasteiger partial charge is 0.369 e. The number of benzene rings is 2. The van der Waals surface area contributed by atoms with Crippen LogP contribution in [0.25, 0.3) is 0 Å². The number of carbonyl (C=O) groups excluding carboxylic acids is 1. The number of aryl methyl sites for hydroxylation is 1. The van der Waals surface area contributed by atoms with Crippen molar-refractivity contribution in [3.63, 3.8) is 0 Å². The van der Waals surface area contributed by atoms with E-state index < -0.39 is 21.8 Å². The van der Waals surface area contributed by atoms with Gasteiger partial charge in [0.05, 0.1) is 17.0 Å². The van der Waals surface area contributed by atoms with Crippen molar-refractivity contribution in [1.82, 2.24) is 9.21 Å². The molecular weight excluding hydrogens is 457 g/mol. The monoisotopic (exact) mass is 484 g/mol. The van der Waals surface area contributed by atoms with Crippen LogP contribution in [0, 0.1) is 6.92 Å². The number of nitrogens with zero attached hydrogens (tertiary/aromatic N) is 3. The molecule has 180 valence electrons. The second kappa shape index (κ2) is 9.70. The molecule has 0 bridgehead atoms. The van der Waals surface area contributed by atoms with Gasteiger partial charge in [-0.1, -0.05) is 12.1 Å². The molecule has 2 aromatic carbocycles. The molecule has 1 amide bonds. The predicted molar refractivity (Wildman–Crippen MR) is 121 cm³/mol. The number of anilines is 2. The van der Waals surface area contributed by atoms with Crippen LogP contribution in [0.5, 0.6) is 0 Å². The zero-order valence-corrected chi connectivity index (χ0v) is 19.5. The molecule has 3 rings (SSSR count). The normalized spacial score (nSPS) is 15.7. The van der Waals surface area contributed by atoms with Gasteiger partial charge in [-0.05, 0) is 42.8 Å². The van der Waals surface area contributed by atoms with E-state index in [1.165, 1.54) is 32.3 Å². The largest absolute Gasteiger partial charge is 0.416 e. The first-order valence-corrected chi connectivity index (χ1v) is 11.8. The summed E-state index contributed by atoms with van der Waals surface area (Å²) < 4.78 is 64.7. The van der Waals surface area contributed by atoms with Gasteiger partial charge in [-0.3, -0.25) is 9.69 Å². The molecule has 11 heteroatoms. The summed E-state index contributed by atoms with van der Waals surface area (Å²) in [6.45, 7) is 3.87. The van der Waals surface area contributed by atoms with Crippen molar-refractivity contribution < 1.29 is 26.4 Å². The third kappa shape index (κ3) is 6.04. The predicted octanol–water partition coefficient (Wildman–Crippen LogP) is 3.02. The highest BCUT2D eigenvalue weighted by Gasteiger charge is 2.31. The molecule has 0 saturated carbocycles. The molecule has 0 aromatic heterocycles. The molecule has 1 heterocycles. The fourth-order valence-electron chi connectivity index (χ4n) is 3.54. The lowest BCUT2D eigenvalue weighted by Crippen LogP contribution is -2.48. The number of nitrogens with one attached hydrogen (secondary N) is 1. The molecule has 0 atom stereocenters.